The first-order valence-electron chi connectivity index (χ1n) is 12.2. The van der Waals surface area contributed by atoms with Crippen LogP contribution in [0.1, 0.15) is 31.1 Å². The number of carbonyl (C=O) groups is 3. The summed E-state index contributed by atoms with van der Waals surface area (Å²) in [6.07, 6.45) is 0. The molecule has 3 amide bonds. The van der Waals surface area contributed by atoms with Crippen LogP contribution in [0, 0.1) is 0 Å². The number of nitrogens with one attached hydrogen (secondary N) is 3. The van der Waals surface area contributed by atoms with Gasteiger partial charge in [0, 0.05) is 33.8 Å². The lowest BCUT2D eigenvalue weighted by Crippen LogP contribution is -2.19. The van der Waals surface area contributed by atoms with Crippen LogP contribution in [0.4, 0.5) is 17.1 Å². The van der Waals surface area contributed by atoms with Crippen LogP contribution in [-0.4, -0.2) is 56.6 Å². The standard InChI is InChI=1S/C27H21N3O12S3/c31-25(28-19-4-1-7-22(13-19)43(34,35)36)16-10-17(26(32)29-20-5-2-8-23(14-20)44(37,38)39)12-18(11-16)27(33)30-21-6-3-9-24(15-21)45(40,41)42/h1-15H,(H,28,31)(H,29,32)(H,30,33)(H,34,35,36)(H,37,38,39)(H,40,41,42). The predicted octanol–water partition coefficient (Wildman–Crippen LogP) is 3.18. The molecule has 4 aromatic rings. The van der Waals surface area contributed by atoms with Gasteiger partial charge in [0.05, 0.1) is 14.7 Å². The molecule has 0 saturated carbocycles. The Morgan fingerprint density at radius 2 is 0.667 bits per heavy atom. The molecule has 0 fully saturated rings. The van der Waals surface area contributed by atoms with Gasteiger partial charge in [-0.25, -0.2) is 0 Å². The number of hydrogen-bond donors (Lipinski definition) is 6. The first-order valence-corrected chi connectivity index (χ1v) is 16.5. The van der Waals surface area contributed by atoms with Crippen molar-refractivity contribution in [3.05, 3.63) is 108 Å². The van der Waals surface area contributed by atoms with Crippen molar-refractivity contribution in [3.8, 4) is 0 Å². The maximum Gasteiger partial charge on any atom is 0.294 e. The summed E-state index contributed by atoms with van der Waals surface area (Å²) in [5, 5.41) is 7.15. The van der Waals surface area contributed by atoms with Gasteiger partial charge in [0.15, 0.2) is 0 Å². The molecule has 0 aliphatic carbocycles. The zero-order valence-electron chi connectivity index (χ0n) is 22.4. The Kier molecular flexibility index (Phi) is 9.19. The quantitative estimate of drug-likeness (QED) is 0.140. The second-order valence-electron chi connectivity index (χ2n) is 9.17. The van der Waals surface area contributed by atoms with Crippen LogP contribution in [-0.2, 0) is 30.4 Å². The van der Waals surface area contributed by atoms with E-state index in [-0.39, 0.29) is 33.8 Å². The number of benzene rings is 4. The monoisotopic (exact) mass is 675 g/mol. The van der Waals surface area contributed by atoms with Crippen molar-refractivity contribution in [1.29, 1.82) is 0 Å². The molecule has 15 nitrogen and oxygen atoms in total. The summed E-state index contributed by atoms with van der Waals surface area (Å²) >= 11 is 0. The summed E-state index contributed by atoms with van der Waals surface area (Å²) in [5.41, 5.74) is -1.07. The van der Waals surface area contributed by atoms with Gasteiger partial charge >= 0.3 is 0 Å². The minimum atomic E-state index is -4.61. The van der Waals surface area contributed by atoms with Gasteiger partial charge < -0.3 is 16.0 Å². The van der Waals surface area contributed by atoms with E-state index in [1.165, 1.54) is 36.4 Å². The lowest BCUT2D eigenvalue weighted by molar-refractivity contribution is 0.102. The molecule has 0 bridgehead atoms. The smallest absolute Gasteiger partial charge is 0.294 e. The molecule has 0 spiro atoms. The van der Waals surface area contributed by atoms with E-state index in [4.69, 9.17) is 0 Å². The van der Waals surface area contributed by atoms with Crippen molar-refractivity contribution >= 4 is 65.1 Å². The molecule has 0 heterocycles. The normalized spacial score (nSPS) is 11.8. The minimum Gasteiger partial charge on any atom is -0.322 e. The van der Waals surface area contributed by atoms with Gasteiger partial charge in [-0.3, -0.25) is 28.0 Å². The van der Waals surface area contributed by atoms with Crippen LogP contribution >= 0.6 is 0 Å². The van der Waals surface area contributed by atoms with E-state index in [0.29, 0.717) is 0 Å². The van der Waals surface area contributed by atoms with Crippen molar-refractivity contribution in [1.82, 2.24) is 0 Å². The molecule has 0 aromatic heterocycles. The molecule has 0 saturated heterocycles. The van der Waals surface area contributed by atoms with Crippen LogP contribution in [0.3, 0.4) is 0 Å². The van der Waals surface area contributed by atoms with Gasteiger partial charge in [-0.1, -0.05) is 18.2 Å². The summed E-state index contributed by atoms with van der Waals surface area (Å²) in [4.78, 5) is 38.0. The maximum absolute atomic E-state index is 13.2. The van der Waals surface area contributed by atoms with Gasteiger partial charge in [0.2, 0.25) is 0 Å². The van der Waals surface area contributed by atoms with E-state index in [1.807, 2.05) is 0 Å². The van der Waals surface area contributed by atoms with Gasteiger partial charge in [-0.2, -0.15) is 25.3 Å². The van der Waals surface area contributed by atoms with E-state index >= 15 is 0 Å². The Morgan fingerprint density at radius 3 is 0.889 bits per heavy atom. The number of carbonyl (C=O) groups excluding carboxylic acids is 3. The van der Waals surface area contributed by atoms with E-state index < -0.39 is 62.8 Å². The lowest BCUT2D eigenvalue weighted by atomic mass is 10.0. The highest BCUT2D eigenvalue weighted by molar-refractivity contribution is 7.86. The molecule has 0 aliphatic rings. The van der Waals surface area contributed by atoms with Gasteiger partial charge in [-0.05, 0) is 72.8 Å². The number of amides is 3. The Hall–Kier alpha value is -4.98. The van der Waals surface area contributed by atoms with Crippen molar-refractivity contribution in [2.75, 3.05) is 16.0 Å². The summed E-state index contributed by atoms with van der Waals surface area (Å²) in [6.45, 7) is 0. The maximum atomic E-state index is 13.2. The van der Waals surface area contributed by atoms with Crippen LogP contribution in [0.5, 0.6) is 0 Å². The highest BCUT2D eigenvalue weighted by Crippen LogP contribution is 2.21. The molecule has 45 heavy (non-hydrogen) atoms. The molecular weight excluding hydrogens is 655 g/mol. The Labute approximate surface area is 256 Å². The van der Waals surface area contributed by atoms with Crippen molar-refractivity contribution in [2.24, 2.45) is 0 Å². The van der Waals surface area contributed by atoms with Crippen molar-refractivity contribution in [3.63, 3.8) is 0 Å². The third-order valence-corrected chi connectivity index (χ3v) is 8.44. The first kappa shape index (κ1) is 32.9. The third kappa shape index (κ3) is 8.56. The zero-order valence-corrected chi connectivity index (χ0v) is 24.9. The summed E-state index contributed by atoms with van der Waals surface area (Å²) in [7, 11) is -13.8. The second-order valence-corrected chi connectivity index (χ2v) is 13.4. The van der Waals surface area contributed by atoms with Crippen LogP contribution in [0.15, 0.2) is 106 Å². The average Bonchev–Trinajstić information content (AvgIpc) is 2.96. The third-order valence-electron chi connectivity index (χ3n) is 5.89. The van der Waals surface area contributed by atoms with E-state index in [9.17, 15) is 53.3 Å². The molecule has 0 radical (unpaired) electrons. The SMILES string of the molecule is O=C(Nc1cccc(S(=O)(=O)O)c1)c1cc(C(=O)Nc2cccc(S(=O)(=O)O)c2)cc(C(=O)Nc2cccc(S(=O)(=O)O)c2)c1. The van der Waals surface area contributed by atoms with Gasteiger partial charge in [-0.15, -0.1) is 0 Å². The van der Waals surface area contributed by atoms with Crippen LogP contribution in [0.25, 0.3) is 0 Å². The molecule has 4 rings (SSSR count). The molecule has 0 atom stereocenters. The molecular formula is C27H21N3O12S3. The summed E-state index contributed by atoms with van der Waals surface area (Å²) in [5.74, 6) is -2.77. The Morgan fingerprint density at radius 1 is 0.422 bits per heavy atom. The van der Waals surface area contributed by atoms with E-state index in [0.717, 1.165) is 54.6 Å². The van der Waals surface area contributed by atoms with Crippen molar-refractivity contribution in [2.45, 2.75) is 14.7 Å². The van der Waals surface area contributed by atoms with E-state index in [2.05, 4.69) is 16.0 Å². The fourth-order valence-electron chi connectivity index (χ4n) is 3.83. The lowest BCUT2D eigenvalue weighted by Gasteiger charge is -2.12. The first-order chi connectivity index (χ1) is 20.9. The van der Waals surface area contributed by atoms with Crippen LogP contribution < -0.4 is 16.0 Å². The predicted molar refractivity (Wildman–Crippen MR) is 159 cm³/mol. The second kappa shape index (κ2) is 12.6. The molecule has 0 unspecified atom stereocenters. The Balaban J connectivity index is 1.71. The fourth-order valence-corrected chi connectivity index (χ4v) is 5.41. The fraction of sp³-hybridized carbons (Fsp3) is 0. The average molecular weight is 676 g/mol. The summed E-state index contributed by atoms with van der Waals surface area (Å²) in [6, 6.07) is 17.0. The summed E-state index contributed by atoms with van der Waals surface area (Å²) < 4.78 is 96.9. The topological polar surface area (TPSA) is 250 Å². The Bertz CT molecular complexity index is 1920. The highest BCUT2D eigenvalue weighted by Gasteiger charge is 2.20. The van der Waals surface area contributed by atoms with E-state index in [1.54, 1.807) is 0 Å². The van der Waals surface area contributed by atoms with Crippen LogP contribution in [0.2, 0.25) is 0 Å². The molecule has 234 valence electrons. The molecule has 0 aliphatic heterocycles. The number of hydrogen-bond acceptors (Lipinski definition) is 9. The molecule has 6 N–H and O–H groups in total. The minimum absolute atomic E-state index is 0.0694. The van der Waals surface area contributed by atoms with Crippen molar-refractivity contribution < 1.29 is 53.3 Å². The largest absolute Gasteiger partial charge is 0.322 e. The molecule has 18 heteroatoms. The zero-order chi connectivity index (χ0) is 33.2. The number of anilines is 3. The molecule has 4 aromatic carbocycles. The van der Waals surface area contributed by atoms with Gasteiger partial charge in [0.1, 0.15) is 0 Å². The van der Waals surface area contributed by atoms with Gasteiger partial charge in [0.25, 0.3) is 48.1 Å². The highest BCUT2D eigenvalue weighted by atomic mass is 32.2. The number of rotatable bonds is 9.